The molecule has 1 aliphatic heterocycles. The molecular formula is C22H26ClN7O2S. The van der Waals surface area contributed by atoms with Crippen LogP contribution in [-0.2, 0) is 4.74 Å². The first-order chi connectivity index (χ1) is 16.1. The zero-order chi connectivity index (χ0) is 23.0. The normalized spacial score (nSPS) is 14.1. The van der Waals surface area contributed by atoms with E-state index in [0.717, 1.165) is 51.4 Å². The average molecular weight is 488 g/mol. The second kappa shape index (κ2) is 11.4. The van der Waals surface area contributed by atoms with Gasteiger partial charge in [0.15, 0.2) is 10.9 Å². The van der Waals surface area contributed by atoms with Crippen molar-refractivity contribution >= 4 is 51.3 Å². The Hall–Kier alpha value is -2.79. The summed E-state index contributed by atoms with van der Waals surface area (Å²) in [5.74, 6) is 0.973. The lowest BCUT2D eigenvalue weighted by molar-refractivity contribution is 0.0378. The lowest BCUT2D eigenvalue weighted by Crippen LogP contribution is -2.37. The molecule has 1 aliphatic rings. The Kier molecular flexibility index (Phi) is 8.05. The predicted molar refractivity (Wildman–Crippen MR) is 132 cm³/mol. The van der Waals surface area contributed by atoms with Crippen LogP contribution in [0.4, 0.5) is 22.5 Å². The van der Waals surface area contributed by atoms with Crippen LogP contribution in [0.1, 0.15) is 21.7 Å². The summed E-state index contributed by atoms with van der Waals surface area (Å²) < 4.78 is 5.37. The van der Waals surface area contributed by atoms with E-state index in [1.807, 2.05) is 19.1 Å². The standard InChI is InChI=1S/C22H26ClN7O2S/c1-15-4-2-5-16(23)20(15)29-21(31)17-12-26-22(33-17)28-19-14-24-13-18(27-19)25-6-3-7-30-8-10-32-11-9-30/h2,4-5,12-14H,3,6-11H2,1H3,(H,29,31)(H2,25,26,27,28). The van der Waals surface area contributed by atoms with E-state index in [-0.39, 0.29) is 5.91 Å². The van der Waals surface area contributed by atoms with E-state index < -0.39 is 0 Å². The van der Waals surface area contributed by atoms with Crippen molar-refractivity contribution < 1.29 is 9.53 Å². The van der Waals surface area contributed by atoms with Crippen LogP contribution in [-0.4, -0.2) is 65.2 Å². The molecule has 1 amide bonds. The minimum atomic E-state index is -0.265. The highest BCUT2D eigenvalue weighted by atomic mass is 35.5. The van der Waals surface area contributed by atoms with Gasteiger partial charge in [0.25, 0.3) is 5.91 Å². The van der Waals surface area contributed by atoms with Gasteiger partial charge < -0.3 is 20.7 Å². The summed E-state index contributed by atoms with van der Waals surface area (Å²) in [5.41, 5.74) is 1.49. The molecule has 1 saturated heterocycles. The van der Waals surface area contributed by atoms with Gasteiger partial charge in [-0.1, -0.05) is 35.1 Å². The molecule has 0 unspecified atom stereocenters. The number of benzene rings is 1. The number of rotatable bonds is 9. The number of carbonyl (C=O) groups excluding carboxylic acids is 1. The zero-order valence-electron chi connectivity index (χ0n) is 18.3. The van der Waals surface area contributed by atoms with Gasteiger partial charge in [-0.3, -0.25) is 14.7 Å². The molecule has 174 valence electrons. The number of ether oxygens (including phenoxy) is 1. The topological polar surface area (TPSA) is 104 Å². The predicted octanol–water partition coefficient (Wildman–Crippen LogP) is 4.03. The smallest absolute Gasteiger partial charge is 0.267 e. The third kappa shape index (κ3) is 6.61. The highest BCUT2D eigenvalue weighted by molar-refractivity contribution is 7.17. The van der Waals surface area contributed by atoms with Crippen LogP contribution < -0.4 is 16.0 Å². The lowest BCUT2D eigenvalue weighted by atomic mass is 10.2. The molecule has 9 nitrogen and oxygen atoms in total. The molecule has 0 atom stereocenters. The van der Waals surface area contributed by atoms with E-state index in [1.54, 1.807) is 18.5 Å². The Balaban J connectivity index is 1.29. The fraction of sp³-hybridized carbons (Fsp3) is 0.364. The third-order valence-corrected chi connectivity index (χ3v) is 6.35. The first kappa shape index (κ1) is 23.4. The van der Waals surface area contributed by atoms with Gasteiger partial charge in [-0.25, -0.2) is 9.97 Å². The maximum absolute atomic E-state index is 12.6. The van der Waals surface area contributed by atoms with E-state index in [9.17, 15) is 4.79 Å². The quantitative estimate of drug-likeness (QED) is 0.389. The number of para-hydroxylation sites is 1. The lowest BCUT2D eigenvalue weighted by Gasteiger charge is -2.26. The van der Waals surface area contributed by atoms with Gasteiger partial charge in [-0.15, -0.1) is 0 Å². The van der Waals surface area contributed by atoms with E-state index in [1.165, 1.54) is 17.5 Å². The van der Waals surface area contributed by atoms with Crippen molar-refractivity contribution in [3.63, 3.8) is 0 Å². The summed E-state index contributed by atoms with van der Waals surface area (Å²) >= 11 is 7.43. The molecule has 3 aromatic rings. The molecule has 0 radical (unpaired) electrons. The van der Waals surface area contributed by atoms with Crippen LogP contribution in [0.25, 0.3) is 0 Å². The van der Waals surface area contributed by atoms with Crippen LogP contribution in [0.15, 0.2) is 36.8 Å². The number of aromatic nitrogens is 3. The van der Waals surface area contributed by atoms with Gasteiger partial charge >= 0.3 is 0 Å². The third-order valence-electron chi connectivity index (χ3n) is 5.12. The van der Waals surface area contributed by atoms with Crippen LogP contribution in [0.3, 0.4) is 0 Å². The number of morpholine rings is 1. The molecule has 1 aromatic carbocycles. The van der Waals surface area contributed by atoms with E-state index in [2.05, 4.69) is 35.8 Å². The molecule has 0 aliphatic carbocycles. The van der Waals surface area contributed by atoms with Gasteiger partial charge in [-0.05, 0) is 31.5 Å². The van der Waals surface area contributed by atoms with Gasteiger partial charge in [0.05, 0.1) is 42.5 Å². The van der Waals surface area contributed by atoms with Crippen molar-refractivity contribution in [2.45, 2.75) is 13.3 Å². The van der Waals surface area contributed by atoms with Crippen LogP contribution >= 0.6 is 22.9 Å². The van der Waals surface area contributed by atoms with Crippen LogP contribution in [0.2, 0.25) is 5.02 Å². The maximum Gasteiger partial charge on any atom is 0.267 e. The van der Waals surface area contributed by atoms with Gasteiger partial charge in [-0.2, -0.15) is 0 Å². The number of amides is 1. The van der Waals surface area contributed by atoms with Gasteiger partial charge in [0.2, 0.25) is 0 Å². The molecule has 11 heteroatoms. The Labute approximate surface area is 201 Å². The molecular weight excluding hydrogens is 462 g/mol. The number of nitrogens with zero attached hydrogens (tertiary/aromatic N) is 4. The number of aryl methyl sites for hydroxylation is 1. The number of hydrogen-bond acceptors (Lipinski definition) is 9. The summed E-state index contributed by atoms with van der Waals surface area (Å²) in [4.78, 5) is 28.5. The molecule has 0 spiro atoms. The van der Waals surface area contributed by atoms with E-state index in [0.29, 0.717) is 32.4 Å². The maximum atomic E-state index is 12.6. The van der Waals surface area contributed by atoms with E-state index >= 15 is 0 Å². The van der Waals surface area contributed by atoms with Crippen molar-refractivity contribution in [3.05, 3.63) is 52.3 Å². The number of carbonyl (C=O) groups is 1. The van der Waals surface area contributed by atoms with Gasteiger partial charge in [0.1, 0.15) is 10.7 Å². The van der Waals surface area contributed by atoms with Crippen molar-refractivity contribution in [1.82, 2.24) is 19.9 Å². The van der Waals surface area contributed by atoms with Crippen molar-refractivity contribution in [1.29, 1.82) is 0 Å². The van der Waals surface area contributed by atoms with Crippen molar-refractivity contribution in [3.8, 4) is 0 Å². The minimum Gasteiger partial charge on any atom is -0.379 e. The molecule has 0 bridgehead atoms. The summed E-state index contributed by atoms with van der Waals surface area (Å²) in [7, 11) is 0. The van der Waals surface area contributed by atoms with Crippen molar-refractivity contribution in [2.24, 2.45) is 0 Å². The van der Waals surface area contributed by atoms with Gasteiger partial charge in [0, 0.05) is 19.6 Å². The largest absolute Gasteiger partial charge is 0.379 e. The highest BCUT2D eigenvalue weighted by Crippen LogP contribution is 2.27. The highest BCUT2D eigenvalue weighted by Gasteiger charge is 2.14. The summed E-state index contributed by atoms with van der Waals surface area (Å²) in [5, 5.41) is 10.3. The molecule has 3 N–H and O–H groups in total. The minimum absolute atomic E-state index is 0.265. The monoisotopic (exact) mass is 487 g/mol. The SMILES string of the molecule is Cc1cccc(Cl)c1NC(=O)c1cnc(Nc2cncc(NCCCN3CCOCC3)n2)s1. The molecule has 4 rings (SSSR count). The fourth-order valence-corrected chi connectivity index (χ4v) is 4.35. The summed E-state index contributed by atoms with van der Waals surface area (Å²) in [6.07, 6.45) is 5.84. The molecule has 1 fully saturated rings. The molecule has 0 saturated carbocycles. The van der Waals surface area contributed by atoms with Crippen LogP contribution in [0, 0.1) is 6.92 Å². The fourth-order valence-electron chi connectivity index (χ4n) is 3.37. The first-order valence-electron chi connectivity index (χ1n) is 10.7. The Morgan fingerprint density at radius 2 is 2.03 bits per heavy atom. The Bertz CT molecular complexity index is 1070. The molecule has 3 heterocycles. The summed E-state index contributed by atoms with van der Waals surface area (Å²) in [6.45, 7) is 7.33. The summed E-state index contributed by atoms with van der Waals surface area (Å²) in [6, 6.07) is 5.48. The average Bonchev–Trinajstić information content (AvgIpc) is 3.29. The van der Waals surface area contributed by atoms with Crippen molar-refractivity contribution in [2.75, 3.05) is 55.3 Å². The number of hydrogen-bond donors (Lipinski definition) is 3. The first-order valence-corrected chi connectivity index (χ1v) is 11.9. The zero-order valence-corrected chi connectivity index (χ0v) is 19.9. The molecule has 2 aromatic heterocycles. The number of thiazole rings is 1. The second-order valence-electron chi connectivity index (χ2n) is 7.56. The second-order valence-corrected chi connectivity index (χ2v) is 9.00. The van der Waals surface area contributed by atoms with Crippen LogP contribution in [0.5, 0.6) is 0 Å². The molecule has 33 heavy (non-hydrogen) atoms. The van der Waals surface area contributed by atoms with E-state index in [4.69, 9.17) is 16.3 Å². The number of halogens is 1. The Morgan fingerprint density at radius 1 is 1.21 bits per heavy atom. The Morgan fingerprint density at radius 3 is 2.85 bits per heavy atom. The number of nitrogens with one attached hydrogen (secondary N) is 3. The number of anilines is 4.